The van der Waals surface area contributed by atoms with E-state index in [4.69, 9.17) is 16.3 Å². The maximum atomic E-state index is 10.3. The number of hydrogen-bond donors (Lipinski definition) is 1. The Labute approximate surface area is 142 Å². The minimum atomic E-state index is -0.504. The highest BCUT2D eigenvalue weighted by Crippen LogP contribution is 2.22. The fourth-order valence-corrected chi connectivity index (χ4v) is 3.25. The van der Waals surface area contributed by atoms with Crippen LogP contribution in [0.4, 0.5) is 0 Å². The molecule has 0 unspecified atom stereocenters. The van der Waals surface area contributed by atoms with Crippen LogP contribution in [0.15, 0.2) is 42.5 Å². The number of aliphatic hydroxyl groups excluding tert-OH is 1. The molecular weight excluding hydrogens is 310 g/mol. The van der Waals surface area contributed by atoms with E-state index in [1.54, 1.807) is 6.07 Å². The molecule has 1 aliphatic heterocycles. The molecule has 2 aromatic carbocycles. The summed E-state index contributed by atoms with van der Waals surface area (Å²) < 4.78 is 5.73. The highest BCUT2D eigenvalue weighted by Gasteiger charge is 2.18. The molecule has 0 fully saturated rings. The van der Waals surface area contributed by atoms with Crippen molar-refractivity contribution >= 4 is 11.6 Å². The van der Waals surface area contributed by atoms with Crippen molar-refractivity contribution in [1.82, 2.24) is 4.90 Å². The molecule has 0 amide bonds. The Morgan fingerprint density at radius 2 is 2.00 bits per heavy atom. The normalized spacial score (nSPS) is 16.0. The summed E-state index contributed by atoms with van der Waals surface area (Å²) in [6, 6.07) is 14.0. The average molecular weight is 332 g/mol. The van der Waals surface area contributed by atoms with Gasteiger partial charge in [0.25, 0.3) is 0 Å². The molecule has 0 spiro atoms. The summed E-state index contributed by atoms with van der Waals surface area (Å²) in [5.74, 6) is 0.775. The fraction of sp³-hybridized carbons (Fsp3) is 0.368. The van der Waals surface area contributed by atoms with E-state index in [0.29, 0.717) is 18.2 Å². The zero-order valence-electron chi connectivity index (χ0n) is 13.3. The van der Waals surface area contributed by atoms with Crippen molar-refractivity contribution in [3.05, 3.63) is 64.2 Å². The lowest BCUT2D eigenvalue weighted by Gasteiger charge is -2.30. The number of benzene rings is 2. The molecule has 0 aliphatic carbocycles. The number of nitrogens with zero attached hydrogens (tertiary/aromatic N) is 1. The van der Waals surface area contributed by atoms with Crippen molar-refractivity contribution in [1.29, 1.82) is 0 Å². The van der Waals surface area contributed by atoms with Gasteiger partial charge in [-0.2, -0.15) is 0 Å². The lowest BCUT2D eigenvalue weighted by Crippen LogP contribution is -2.38. The van der Waals surface area contributed by atoms with Gasteiger partial charge in [0.15, 0.2) is 0 Å². The maximum absolute atomic E-state index is 10.3. The van der Waals surface area contributed by atoms with Crippen LogP contribution >= 0.6 is 11.6 Å². The number of β-amino-alcohol motifs (C(OH)–C–C–N with tert-alkyl or cyclic N) is 1. The van der Waals surface area contributed by atoms with Gasteiger partial charge in [-0.25, -0.2) is 0 Å². The van der Waals surface area contributed by atoms with Crippen LogP contribution < -0.4 is 4.74 Å². The third-order valence-electron chi connectivity index (χ3n) is 4.25. The molecule has 3 rings (SSSR count). The molecule has 0 saturated heterocycles. The Morgan fingerprint density at radius 1 is 1.22 bits per heavy atom. The molecule has 4 heteroatoms. The van der Waals surface area contributed by atoms with Gasteiger partial charge in [-0.3, -0.25) is 4.90 Å². The van der Waals surface area contributed by atoms with E-state index in [-0.39, 0.29) is 0 Å². The summed E-state index contributed by atoms with van der Waals surface area (Å²) in [6.45, 7) is 4.75. The van der Waals surface area contributed by atoms with Gasteiger partial charge >= 0.3 is 0 Å². The Bertz CT molecular complexity index is 674. The summed E-state index contributed by atoms with van der Waals surface area (Å²) in [7, 11) is 0. The predicted octanol–water partition coefficient (Wildman–Crippen LogP) is 3.45. The van der Waals surface area contributed by atoms with Crippen LogP contribution in [0.25, 0.3) is 0 Å². The van der Waals surface area contributed by atoms with Crippen LogP contribution in [0, 0.1) is 6.92 Å². The highest BCUT2D eigenvalue weighted by molar-refractivity contribution is 6.30. The maximum Gasteiger partial charge on any atom is 0.122 e. The highest BCUT2D eigenvalue weighted by atomic mass is 35.5. The zero-order chi connectivity index (χ0) is 16.2. The molecule has 1 N–H and O–H groups in total. The van der Waals surface area contributed by atoms with Gasteiger partial charge in [0, 0.05) is 24.7 Å². The third kappa shape index (κ3) is 4.25. The van der Waals surface area contributed by atoms with Gasteiger partial charge in [0.05, 0.1) is 0 Å². The van der Waals surface area contributed by atoms with E-state index >= 15 is 0 Å². The quantitative estimate of drug-likeness (QED) is 0.911. The lowest BCUT2D eigenvalue weighted by molar-refractivity contribution is 0.0635. The van der Waals surface area contributed by atoms with Crippen LogP contribution in [0.3, 0.4) is 0 Å². The van der Waals surface area contributed by atoms with Crippen molar-refractivity contribution in [2.45, 2.75) is 26.0 Å². The van der Waals surface area contributed by atoms with Gasteiger partial charge < -0.3 is 9.84 Å². The number of ether oxygens (including phenoxy) is 1. The summed E-state index contributed by atoms with van der Waals surface area (Å²) in [5.41, 5.74) is 3.77. The van der Waals surface area contributed by atoms with Crippen LogP contribution in [-0.4, -0.2) is 35.8 Å². The molecule has 122 valence electrons. The van der Waals surface area contributed by atoms with Crippen molar-refractivity contribution in [3.63, 3.8) is 0 Å². The molecule has 2 aromatic rings. The molecule has 1 aliphatic rings. The lowest BCUT2D eigenvalue weighted by atomic mass is 10.00. The average Bonchev–Trinajstić information content (AvgIpc) is 2.54. The van der Waals surface area contributed by atoms with Crippen LogP contribution in [0.1, 0.15) is 16.7 Å². The van der Waals surface area contributed by atoms with Gasteiger partial charge in [0.1, 0.15) is 18.5 Å². The zero-order valence-corrected chi connectivity index (χ0v) is 14.1. The van der Waals surface area contributed by atoms with E-state index in [9.17, 15) is 5.11 Å². The van der Waals surface area contributed by atoms with Crippen molar-refractivity contribution in [3.8, 4) is 5.75 Å². The first-order chi connectivity index (χ1) is 11.1. The van der Waals surface area contributed by atoms with Crippen molar-refractivity contribution in [2.75, 3.05) is 19.7 Å². The summed E-state index contributed by atoms with van der Waals surface area (Å²) in [5, 5.41) is 11.0. The molecule has 0 saturated carbocycles. The van der Waals surface area contributed by atoms with Gasteiger partial charge in [0.2, 0.25) is 0 Å². The smallest absolute Gasteiger partial charge is 0.122 e. The second kappa shape index (κ2) is 7.35. The topological polar surface area (TPSA) is 32.7 Å². The van der Waals surface area contributed by atoms with E-state index in [1.165, 1.54) is 11.1 Å². The minimum Gasteiger partial charge on any atom is -0.491 e. The largest absolute Gasteiger partial charge is 0.491 e. The molecule has 0 bridgehead atoms. The molecular formula is C19H22ClNO2. The summed E-state index contributed by atoms with van der Waals surface area (Å²) in [4.78, 5) is 2.28. The molecule has 0 radical (unpaired) electrons. The van der Waals surface area contributed by atoms with Gasteiger partial charge in [-0.05, 0) is 48.2 Å². The van der Waals surface area contributed by atoms with Gasteiger partial charge in [-0.15, -0.1) is 0 Å². The first kappa shape index (κ1) is 16.3. The second-order valence-electron chi connectivity index (χ2n) is 6.13. The number of hydrogen-bond acceptors (Lipinski definition) is 3. The minimum absolute atomic E-state index is 0.292. The van der Waals surface area contributed by atoms with E-state index in [2.05, 4.69) is 29.2 Å². The van der Waals surface area contributed by atoms with E-state index < -0.39 is 6.10 Å². The molecule has 1 heterocycles. The first-order valence-corrected chi connectivity index (χ1v) is 8.36. The second-order valence-corrected chi connectivity index (χ2v) is 6.56. The number of fused-ring (bicyclic) bond motifs is 1. The molecule has 23 heavy (non-hydrogen) atoms. The predicted molar refractivity (Wildman–Crippen MR) is 93.1 cm³/mol. The standard InChI is InChI=1S/C19H22ClNO2/c1-14-10-17(20)6-7-19(14)23-13-18(22)12-21-9-8-15-4-2-3-5-16(15)11-21/h2-7,10,18,22H,8-9,11-13H2,1H3/t18-/m0/s1. The number of aliphatic hydroxyl groups is 1. The van der Waals surface area contributed by atoms with Crippen LogP contribution in [-0.2, 0) is 13.0 Å². The Kier molecular flexibility index (Phi) is 5.21. The molecule has 1 atom stereocenters. The van der Waals surface area contributed by atoms with Crippen LogP contribution in [0.5, 0.6) is 5.75 Å². The number of rotatable bonds is 5. The number of aryl methyl sites for hydroxylation is 1. The number of halogens is 1. The van der Waals surface area contributed by atoms with E-state index in [1.807, 2.05) is 19.1 Å². The monoisotopic (exact) mass is 331 g/mol. The van der Waals surface area contributed by atoms with E-state index in [0.717, 1.165) is 30.8 Å². The fourth-order valence-electron chi connectivity index (χ4n) is 3.02. The molecule has 0 aromatic heterocycles. The Balaban J connectivity index is 1.51. The van der Waals surface area contributed by atoms with Gasteiger partial charge in [-0.1, -0.05) is 35.9 Å². The first-order valence-electron chi connectivity index (χ1n) is 7.98. The summed E-state index contributed by atoms with van der Waals surface area (Å²) in [6.07, 6.45) is 0.537. The van der Waals surface area contributed by atoms with Crippen LogP contribution in [0.2, 0.25) is 5.02 Å². The molecule has 3 nitrogen and oxygen atoms in total. The Hall–Kier alpha value is -1.55. The van der Waals surface area contributed by atoms with Crippen molar-refractivity contribution in [2.24, 2.45) is 0 Å². The summed E-state index contributed by atoms with van der Waals surface area (Å²) >= 11 is 5.94. The Morgan fingerprint density at radius 3 is 2.78 bits per heavy atom. The van der Waals surface area contributed by atoms with Crippen molar-refractivity contribution < 1.29 is 9.84 Å². The third-order valence-corrected chi connectivity index (χ3v) is 4.48. The SMILES string of the molecule is Cc1cc(Cl)ccc1OC[C@@H](O)CN1CCc2ccccc2C1.